The van der Waals surface area contributed by atoms with E-state index in [1.165, 1.54) is 17.1 Å². The van der Waals surface area contributed by atoms with Gasteiger partial charge in [0.05, 0.1) is 19.2 Å². The summed E-state index contributed by atoms with van der Waals surface area (Å²) >= 11 is 2.12. The van der Waals surface area contributed by atoms with Gasteiger partial charge in [-0.1, -0.05) is 0 Å². The second kappa shape index (κ2) is 6.43. The summed E-state index contributed by atoms with van der Waals surface area (Å²) in [6.45, 7) is 0.119. The maximum absolute atomic E-state index is 12.2. The maximum atomic E-state index is 12.2. The van der Waals surface area contributed by atoms with Gasteiger partial charge in [-0.15, -0.1) is 0 Å². The van der Waals surface area contributed by atoms with E-state index in [4.69, 9.17) is 5.11 Å². The van der Waals surface area contributed by atoms with Crippen molar-refractivity contribution in [1.82, 2.24) is 9.78 Å². The Labute approximate surface area is 135 Å². The van der Waals surface area contributed by atoms with Gasteiger partial charge in [0.15, 0.2) is 0 Å². The Hall–Kier alpha value is -1.62. The zero-order valence-electron chi connectivity index (χ0n) is 10.7. The van der Waals surface area contributed by atoms with Crippen molar-refractivity contribution in [2.24, 2.45) is 0 Å². The SMILES string of the molecule is O=C(O)CCn1cc(S(=O)(=O)Nc2ccc(I)cc2)cn1. The first kappa shape index (κ1) is 15.8. The molecule has 0 spiro atoms. The van der Waals surface area contributed by atoms with Gasteiger partial charge in [0, 0.05) is 15.5 Å². The molecule has 0 aliphatic heterocycles. The Morgan fingerprint density at radius 1 is 1.33 bits per heavy atom. The Kier molecular flexibility index (Phi) is 4.83. The summed E-state index contributed by atoms with van der Waals surface area (Å²) in [5, 5.41) is 12.4. The third-order valence-corrected chi connectivity index (χ3v) is 4.63. The third kappa shape index (κ3) is 4.43. The number of rotatable bonds is 6. The number of aliphatic carboxylic acids is 1. The smallest absolute Gasteiger partial charge is 0.305 e. The molecular formula is C12H12IN3O4S. The summed E-state index contributed by atoms with van der Waals surface area (Å²) in [6.07, 6.45) is 2.38. The van der Waals surface area contributed by atoms with Gasteiger partial charge in [-0.05, 0) is 46.9 Å². The average molecular weight is 421 g/mol. The van der Waals surface area contributed by atoms with Crippen molar-refractivity contribution in [3.05, 3.63) is 40.2 Å². The minimum absolute atomic E-state index is 0.00793. The molecule has 0 saturated heterocycles. The van der Waals surface area contributed by atoms with Crippen molar-refractivity contribution in [3.63, 3.8) is 0 Å². The Balaban J connectivity index is 2.12. The van der Waals surface area contributed by atoms with Gasteiger partial charge in [0.25, 0.3) is 10.0 Å². The summed E-state index contributed by atoms with van der Waals surface area (Å²) in [5.41, 5.74) is 0.453. The lowest BCUT2D eigenvalue weighted by molar-refractivity contribution is -0.137. The number of sulfonamides is 1. The molecule has 0 aliphatic carbocycles. The minimum Gasteiger partial charge on any atom is -0.481 e. The van der Waals surface area contributed by atoms with Gasteiger partial charge in [0.2, 0.25) is 0 Å². The summed E-state index contributed by atoms with van der Waals surface area (Å²) < 4.78 is 29.0. The molecule has 2 aromatic rings. The van der Waals surface area contributed by atoms with Crippen LogP contribution in [-0.4, -0.2) is 29.3 Å². The average Bonchev–Trinajstić information content (AvgIpc) is 2.88. The summed E-state index contributed by atoms with van der Waals surface area (Å²) in [7, 11) is -3.73. The Bertz CT molecular complexity index is 740. The first-order valence-corrected chi connectivity index (χ1v) is 8.46. The van der Waals surface area contributed by atoms with Crippen LogP contribution in [0, 0.1) is 3.57 Å². The Morgan fingerprint density at radius 3 is 2.62 bits per heavy atom. The van der Waals surface area contributed by atoms with Crippen LogP contribution in [0.25, 0.3) is 0 Å². The van der Waals surface area contributed by atoms with Crippen molar-refractivity contribution in [2.45, 2.75) is 17.9 Å². The van der Waals surface area contributed by atoms with Crippen molar-refractivity contribution in [2.75, 3.05) is 4.72 Å². The van der Waals surface area contributed by atoms with E-state index in [2.05, 4.69) is 32.4 Å². The molecule has 7 nitrogen and oxygen atoms in total. The van der Waals surface area contributed by atoms with Crippen LogP contribution < -0.4 is 4.72 Å². The molecule has 1 heterocycles. The number of carbonyl (C=O) groups is 1. The van der Waals surface area contributed by atoms with Crippen molar-refractivity contribution >= 4 is 44.3 Å². The van der Waals surface area contributed by atoms with Crippen molar-refractivity contribution in [1.29, 1.82) is 0 Å². The third-order valence-electron chi connectivity index (χ3n) is 2.57. The molecule has 0 atom stereocenters. The number of benzene rings is 1. The topological polar surface area (TPSA) is 101 Å². The number of nitrogens with zero attached hydrogens (tertiary/aromatic N) is 2. The van der Waals surface area contributed by atoms with Gasteiger partial charge in [-0.2, -0.15) is 5.10 Å². The number of carboxylic acids is 1. The molecule has 9 heteroatoms. The molecule has 1 aromatic heterocycles. The fourth-order valence-electron chi connectivity index (χ4n) is 1.55. The predicted octanol–water partition coefficient (Wildman–Crippen LogP) is 1.76. The lowest BCUT2D eigenvalue weighted by Gasteiger charge is -2.05. The van der Waals surface area contributed by atoms with E-state index in [1.807, 2.05) is 0 Å². The van der Waals surface area contributed by atoms with Gasteiger partial charge >= 0.3 is 5.97 Å². The van der Waals surface area contributed by atoms with Crippen LogP contribution in [0.1, 0.15) is 6.42 Å². The quantitative estimate of drug-likeness (QED) is 0.693. The summed E-state index contributed by atoms with van der Waals surface area (Å²) in [5.74, 6) is -0.966. The van der Waals surface area contributed by atoms with E-state index < -0.39 is 16.0 Å². The van der Waals surface area contributed by atoms with Crippen LogP contribution in [0.4, 0.5) is 5.69 Å². The molecule has 0 amide bonds. The van der Waals surface area contributed by atoms with Gasteiger partial charge in [-0.3, -0.25) is 14.2 Å². The highest BCUT2D eigenvalue weighted by molar-refractivity contribution is 14.1. The number of aromatic nitrogens is 2. The minimum atomic E-state index is -3.73. The second-order valence-corrected chi connectivity index (χ2v) is 7.12. The van der Waals surface area contributed by atoms with Gasteiger partial charge in [-0.25, -0.2) is 8.42 Å². The number of nitrogens with one attached hydrogen (secondary N) is 1. The van der Waals surface area contributed by atoms with Gasteiger partial charge < -0.3 is 5.11 Å². The molecule has 0 radical (unpaired) electrons. The van der Waals surface area contributed by atoms with Crippen LogP contribution >= 0.6 is 22.6 Å². The summed E-state index contributed by atoms with van der Waals surface area (Å²) in [4.78, 5) is 10.5. The summed E-state index contributed by atoms with van der Waals surface area (Å²) in [6, 6.07) is 6.89. The molecule has 0 fully saturated rings. The molecule has 2 rings (SSSR count). The Morgan fingerprint density at radius 2 is 2.00 bits per heavy atom. The molecule has 112 valence electrons. The first-order chi connectivity index (χ1) is 9.87. The lowest BCUT2D eigenvalue weighted by Crippen LogP contribution is -2.12. The van der Waals surface area contributed by atoms with E-state index in [1.54, 1.807) is 24.3 Å². The zero-order valence-corrected chi connectivity index (χ0v) is 13.7. The highest BCUT2D eigenvalue weighted by atomic mass is 127. The van der Waals surface area contributed by atoms with E-state index in [0.717, 1.165) is 3.57 Å². The van der Waals surface area contributed by atoms with Crippen molar-refractivity contribution < 1.29 is 18.3 Å². The number of aryl methyl sites for hydroxylation is 1. The van der Waals surface area contributed by atoms with Crippen LogP contribution in [0.15, 0.2) is 41.6 Å². The van der Waals surface area contributed by atoms with Gasteiger partial charge in [0.1, 0.15) is 4.90 Å². The van der Waals surface area contributed by atoms with E-state index in [0.29, 0.717) is 5.69 Å². The largest absolute Gasteiger partial charge is 0.481 e. The molecular weight excluding hydrogens is 409 g/mol. The second-order valence-electron chi connectivity index (χ2n) is 4.20. The highest BCUT2D eigenvalue weighted by Crippen LogP contribution is 2.16. The highest BCUT2D eigenvalue weighted by Gasteiger charge is 2.16. The van der Waals surface area contributed by atoms with E-state index in [-0.39, 0.29) is 17.9 Å². The monoisotopic (exact) mass is 421 g/mol. The van der Waals surface area contributed by atoms with Crippen LogP contribution in [0.5, 0.6) is 0 Å². The molecule has 0 saturated carbocycles. The van der Waals surface area contributed by atoms with Crippen molar-refractivity contribution in [3.8, 4) is 0 Å². The molecule has 21 heavy (non-hydrogen) atoms. The standard InChI is InChI=1S/C12H12IN3O4S/c13-9-1-3-10(4-2-9)15-21(19,20)11-7-14-16(8-11)6-5-12(17)18/h1-4,7-8,15H,5-6H2,(H,17,18). The lowest BCUT2D eigenvalue weighted by atomic mass is 10.3. The van der Waals surface area contributed by atoms with Crippen LogP contribution in [0.3, 0.4) is 0 Å². The zero-order chi connectivity index (χ0) is 15.5. The maximum Gasteiger partial charge on any atom is 0.305 e. The molecule has 1 aromatic carbocycles. The fourth-order valence-corrected chi connectivity index (χ4v) is 2.92. The van der Waals surface area contributed by atoms with E-state index >= 15 is 0 Å². The van der Waals surface area contributed by atoms with Crippen LogP contribution in [-0.2, 0) is 21.4 Å². The normalized spacial score (nSPS) is 11.3. The van der Waals surface area contributed by atoms with Crippen LogP contribution in [0.2, 0.25) is 0 Å². The molecule has 0 bridgehead atoms. The molecule has 2 N–H and O–H groups in total. The number of hydrogen-bond acceptors (Lipinski definition) is 4. The number of halogens is 1. The number of anilines is 1. The predicted molar refractivity (Wildman–Crippen MR) is 84.4 cm³/mol. The molecule has 0 unspecified atom stereocenters. The number of hydrogen-bond donors (Lipinski definition) is 2. The van der Waals surface area contributed by atoms with E-state index in [9.17, 15) is 13.2 Å². The first-order valence-electron chi connectivity index (χ1n) is 5.89. The number of carboxylic acid groups (broad SMARTS) is 1. The fraction of sp³-hybridized carbons (Fsp3) is 0.167. The molecule has 0 aliphatic rings.